The lowest BCUT2D eigenvalue weighted by molar-refractivity contribution is -0.141. The van der Waals surface area contributed by atoms with Gasteiger partial charge in [0.2, 0.25) is 17.4 Å². The smallest absolute Gasteiger partial charge is 0.374 e. The Kier molecular flexibility index (Phi) is 3.70. The van der Waals surface area contributed by atoms with Crippen LogP contribution in [0.3, 0.4) is 0 Å². The van der Waals surface area contributed by atoms with Crippen molar-refractivity contribution in [3.05, 3.63) is 34.4 Å². The van der Waals surface area contributed by atoms with Gasteiger partial charge in [-0.15, -0.1) is 0 Å². The van der Waals surface area contributed by atoms with Gasteiger partial charge in [-0.05, 0) is 6.92 Å². The molecule has 1 aliphatic rings. The van der Waals surface area contributed by atoms with Crippen molar-refractivity contribution in [3.8, 4) is 5.75 Å². The van der Waals surface area contributed by atoms with E-state index < -0.39 is 45.6 Å². The van der Waals surface area contributed by atoms with Crippen LogP contribution in [0, 0.1) is 23.3 Å². The summed E-state index contributed by atoms with van der Waals surface area (Å²) < 4.78 is 62.2. The molecule has 0 fully saturated rings. The molecule has 1 aromatic carbocycles. The summed E-state index contributed by atoms with van der Waals surface area (Å²) in [5.41, 5.74) is 0. The first-order valence-corrected chi connectivity index (χ1v) is 5.93. The van der Waals surface area contributed by atoms with Gasteiger partial charge in [0.05, 0.1) is 11.5 Å². The second kappa shape index (κ2) is 5.12. The van der Waals surface area contributed by atoms with E-state index in [2.05, 4.69) is 4.74 Å². The maximum Gasteiger partial charge on any atom is 0.374 e. The van der Waals surface area contributed by atoms with Gasteiger partial charge in [0.15, 0.2) is 17.4 Å². The topological polar surface area (TPSA) is 35.5 Å². The van der Waals surface area contributed by atoms with Crippen LogP contribution in [0.5, 0.6) is 5.75 Å². The molecule has 0 aromatic heterocycles. The number of carbonyl (C=O) groups is 1. The van der Waals surface area contributed by atoms with Gasteiger partial charge in [-0.3, -0.25) is 0 Å². The third-order valence-corrected chi connectivity index (χ3v) is 3.09. The Labute approximate surface area is 109 Å². The number of esters is 1. The summed E-state index contributed by atoms with van der Waals surface area (Å²) in [6, 6.07) is 0. The first kappa shape index (κ1) is 13.7. The number of fused-ring (bicyclic) bond motifs is 1. The molecule has 0 bridgehead atoms. The molecule has 0 aliphatic carbocycles. The summed E-state index contributed by atoms with van der Waals surface area (Å²) in [6.07, 6.45) is 0. The van der Waals surface area contributed by atoms with Crippen LogP contribution in [0.1, 0.15) is 6.92 Å². The van der Waals surface area contributed by atoms with E-state index in [0.717, 1.165) is 5.41 Å². The predicted octanol–water partition coefficient (Wildman–Crippen LogP) is 3.13. The number of thioether (sulfide) groups is 1. The molecule has 0 atom stereocenters. The van der Waals surface area contributed by atoms with Crippen molar-refractivity contribution >= 4 is 17.7 Å². The van der Waals surface area contributed by atoms with Crippen molar-refractivity contribution in [2.45, 2.75) is 11.8 Å². The molecular weight excluding hydrogens is 288 g/mol. The molecule has 19 heavy (non-hydrogen) atoms. The summed E-state index contributed by atoms with van der Waals surface area (Å²) in [5.74, 6) is -9.41. The largest absolute Gasteiger partial charge is 0.460 e. The number of rotatable bonds is 2. The van der Waals surface area contributed by atoms with Crippen molar-refractivity contribution in [1.82, 2.24) is 0 Å². The van der Waals surface area contributed by atoms with Crippen LogP contribution >= 0.6 is 11.8 Å². The maximum atomic E-state index is 13.4. The van der Waals surface area contributed by atoms with Crippen molar-refractivity contribution in [2.75, 3.05) is 6.61 Å². The third-order valence-electron chi connectivity index (χ3n) is 2.16. The first-order chi connectivity index (χ1) is 8.97. The molecule has 0 saturated carbocycles. The molecule has 2 rings (SSSR count). The van der Waals surface area contributed by atoms with E-state index in [4.69, 9.17) is 4.74 Å². The Hall–Kier alpha value is -1.70. The van der Waals surface area contributed by atoms with E-state index in [0.29, 0.717) is 11.8 Å². The average molecular weight is 294 g/mol. The SMILES string of the molecule is CCOC(=O)C1=CSc2c(F)c(F)c(F)c(F)c2O1. The minimum absolute atomic E-state index is 0.0473. The highest BCUT2D eigenvalue weighted by Gasteiger charge is 2.31. The molecule has 102 valence electrons. The molecule has 8 heteroatoms. The van der Waals surface area contributed by atoms with Gasteiger partial charge in [0, 0.05) is 5.41 Å². The predicted molar refractivity (Wildman–Crippen MR) is 57.5 cm³/mol. The fraction of sp³-hybridized carbons (Fsp3) is 0.182. The van der Waals surface area contributed by atoms with Crippen molar-refractivity contribution in [3.63, 3.8) is 0 Å². The zero-order valence-electron chi connectivity index (χ0n) is 9.43. The number of carbonyl (C=O) groups excluding carboxylic acids is 1. The number of ether oxygens (including phenoxy) is 2. The molecule has 0 N–H and O–H groups in total. The Balaban J connectivity index is 2.43. The fourth-order valence-electron chi connectivity index (χ4n) is 1.33. The quantitative estimate of drug-likeness (QED) is 0.363. The maximum absolute atomic E-state index is 13.4. The Morgan fingerprint density at radius 2 is 1.84 bits per heavy atom. The number of benzene rings is 1. The highest BCUT2D eigenvalue weighted by Crippen LogP contribution is 2.42. The highest BCUT2D eigenvalue weighted by atomic mass is 32.2. The zero-order valence-corrected chi connectivity index (χ0v) is 10.2. The average Bonchev–Trinajstić information content (AvgIpc) is 2.42. The monoisotopic (exact) mass is 294 g/mol. The van der Waals surface area contributed by atoms with Crippen LogP contribution in [0.4, 0.5) is 17.6 Å². The lowest BCUT2D eigenvalue weighted by Gasteiger charge is -2.18. The zero-order chi connectivity index (χ0) is 14.2. The molecule has 1 aliphatic heterocycles. The lowest BCUT2D eigenvalue weighted by atomic mass is 10.3. The van der Waals surface area contributed by atoms with E-state index in [1.54, 1.807) is 0 Å². The molecular formula is C11H6F4O3S. The van der Waals surface area contributed by atoms with Gasteiger partial charge in [-0.2, -0.15) is 4.39 Å². The van der Waals surface area contributed by atoms with Crippen molar-refractivity contribution in [2.24, 2.45) is 0 Å². The molecule has 0 radical (unpaired) electrons. The molecule has 0 amide bonds. The fourth-order valence-corrected chi connectivity index (χ4v) is 2.13. The summed E-state index contributed by atoms with van der Waals surface area (Å²) in [5, 5.41) is 1.03. The Morgan fingerprint density at radius 1 is 1.21 bits per heavy atom. The van der Waals surface area contributed by atoms with Gasteiger partial charge in [-0.25, -0.2) is 18.0 Å². The summed E-state index contributed by atoms with van der Waals surface area (Å²) >= 11 is 0.505. The number of halogens is 4. The van der Waals surface area contributed by atoms with Crippen LogP contribution < -0.4 is 4.74 Å². The second-order valence-corrected chi connectivity index (χ2v) is 4.22. The Morgan fingerprint density at radius 3 is 2.47 bits per heavy atom. The van der Waals surface area contributed by atoms with E-state index >= 15 is 0 Å². The summed E-state index contributed by atoms with van der Waals surface area (Å²) in [7, 11) is 0. The van der Waals surface area contributed by atoms with Crippen molar-refractivity contribution in [1.29, 1.82) is 0 Å². The molecule has 0 spiro atoms. The number of hydrogen-bond donors (Lipinski definition) is 0. The molecule has 0 saturated heterocycles. The van der Waals surface area contributed by atoms with Crippen molar-refractivity contribution < 1.29 is 31.8 Å². The van der Waals surface area contributed by atoms with Crippen LogP contribution in [-0.2, 0) is 9.53 Å². The van der Waals surface area contributed by atoms with Crippen LogP contribution in [0.25, 0.3) is 0 Å². The minimum atomic E-state index is -2.00. The van der Waals surface area contributed by atoms with E-state index in [1.807, 2.05) is 0 Å². The van der Waals surface area contributed by atoms with Gasteiger partial charge in [-0.1, -0.05) is 11.8 Å². The number of hydrogen-bond acceptors (Lipinski definition) is 4. The normalized spacial score (nSPS) is 13.4. The van der Waals surface area contributed by atoms with E-state index in [-0.39, 0.29) is 6.61 Å². The summed E-state index contributed by atoms with van der Waals surface area (Å²) in [6.45, 7) is 1.59. The van der Waals surface area contributed by atoms with Crippen LogP contribution in [0.2, 0.25) is 0 Å². The van der Waals surface area contributed by atoms with Crippen LogP contribution in [-0.4, -0.2) is 12.6 Å². The molecule has 1 aromatic rings. The van der Waals surface area contributed by atoms with Gasteiger partial charge in [0.25, 0.3) is 0 Å². The lowest BCUT2D eigenvalue weighted by Crippen LogP contribution is -2.16. The molecule has 1 heterocycles. The highest BCUT2D eigenvalue weighted by molar-refractivity contribution is 8.02. The van der Waals surface area contributed by atoms with E-state index in [1.165, 1.54) is 6.92 Å². The van der Waals surface area contributed by atoms with Gasteiger partial charge in [0.1, 0.15) is 0 Å². The van der Waals surface area contributed by atoms with E-state index in [9.17, 15) is 22.4 Å². The van der Waals surface area contributed by atoms with Gasteiger partial charge >= 0.3 is 5.97 Å². The Bertz CT molecular complexity index is 586. The van der Waals surface area contributed by atoms with Crippen LogP contribution in [0.15, 0.2) is 16.1 Å². The first-order valence-electron chi connectivity index (χ1n) is 5.05. The standard InChI is InChI=1S/C11H6F4O3S/c1-2-17-11(16)4-3-19-10-8(15)6(13)5(12)7(14)9(10)18-4/h3H,2H2,1H3. The summed E-state index contributed by atoms with van der Waals surface area (Å²) in [4.78, 5) is 10.8. The molecule has 0 unspecified atom stereocenters. The van der Waals surface area contributed by atoms with Gasteiger partial charge < -0.3 is 9.47 Å². The minimum Gasteiger partial charge on any atom is -0.460 e. The third kappa shape index (κ3) is 2.27. The second-order valence-electron chi connectivity index (χ2n) is 3.34. The molecule has 3 nitrogen and oxygen atoms in total.